The average Bonchev–Trinajstić information content (AvgIpc) is 2.35. The molecule has 0 amide bonds. The minimum Gasteiger partial charge on any atom is -0.434 e. The summed E-state index contributed by atoms with van der Waals surface area (Å²) in [7, 11) is 0. The molecule has 3 nitrogen and oxygen atoms in total. The Morgan fingerprint density at radius 1 is 1.44 bits per heavy atom. The zero-order chi connectivity index (χ0) is 13.5. The number of ether oxygens (including phenoxy) is 1. The van der Waals surface area contributed by atoms with Crippen LogP contribution >= 0.6 is 0 Å². The van der Waals surface area contributed by atoms with Gasteiger partial charge in [-0.2, -0.15) is 14.0 Å². The van der Waals surface area contributed by atoms with Crippen LogP contribution in [0, 0.1) is 17.2 Å². The number of Topliss-reactive ketones (excluding diaryl/α,β-unsaturated/α-hetero) is 1. The van der Waals surface area contributed by atoms with E-state index in [0.717, 1.165) is 0 Å². The van der Waals surface area contributed by atoms with Gasteiger partial charge in [0.25, 0.3) is 0 Å². The van der Waals surface area contributed by atoms with Crippen molar-refractivity contribution in [3.8, 4) is 11.8 Å². The number of para-hydroxylation sites is 1. The molecule has 0 heterocycles. The van der Waals surface area contributed by atoms with E-state index < -0.39 is 12.5 Å². The van der Waals surface area contributed by atoms with E-state index in [-0.39, 0.29) is 23.5 Å². The number of hydrogen-bond acceptors (Lipinski definition) is 3. The molecule has 0 radical (unpaired) electrons. The van der Waals surface area contributed by atoms with Gasteiger partial charge in [0.05, 0.1) is 11.6 Å². The third-order valence-electron chi connectivity index (χ3n) is 2.57. The van der Waals surface area contributed by atoms with Gasteiger partial charge in [-0.3, -0.25) is 4.79 Å². The Bertz CT molecular complexity index is 455. The number of hydrogen-bond donors (Lipinski definition) is 0. The van der Waals surface area contributed by atoms with Gasteiger partial charge >= 0.3 is 6.61 Å². The van der Waals surface area contributed by atoms with Crippen molar-refractivity contribution in [3.05, 3.63) is 29.8 Å². The lowest BCUT2D eigenvalue weighted by Crippen LogP contribution is -2.16. The summed E-state index contributed by atoms with van der Waals surface area (Å²) in [6, 6.07) is 7.76. The van der Waals surface area contributed by atoms with E-state index in [0.29, 0.717) is 6.42 Å². The number of nitrogens with zero attached hydrogens (tertiary/aromatic N) is 1. The first-order valence-corrected chi connectivity index (χ1v) is 5.55. The molecule has 1 aromatic carbocycles. The Morgan fingerprint density at radius 3 is 2.67 bits per heavy atom. The fourth-order valence-corrected chi connectivity index (χ4v) is 1.62. The Morgan fingerprint density at radius 2 is 2.11 bits per heavy atom. The fraction of sp³-hybridized carbons (Fsp3) is 0.385. The van der Waals surface area contributed by atoms with Crippen LogP contribution < -0.4 is 4.74 Å². The quantitative estimate of drug-likeness (QED) is 0.730. The van der Waals surface area contributed by atoms with Crippen LogP contribution in [-0.2, 0) is 0 Å². The molecule has 0 aliphatic carbocycles. The van der Waals surface area contributed by atoms with Crippen molar-refractivity contribution in [2.45, 2.75) is 26.4 Å². The van der Waals surface area contributed by atoms with Crippen molar-refractivity contribution in [2.75, 3.05) is 0 Å². The lowest BCUT2D eigenvalue weighted by molar-refractivity contribution is -0.0501. The molecular formula is C13H13F2NO2. The molecule has 0 spiro atoms. The molecule has 1 rings (SSSR count). The lowest BCUT2D eigenvalue weighted by atomic mass is 9.92. The first kappa shape index (κ1) is 14.1. The summed E-state index contributed by atoms with van der Waals surface area (Å²) < 4.78 is 28.7. The zero-order valence-corrected chi connectivity index (χ0v) is 9.90. The molecule has 0 saturated carbocycles. The molecule has 0 N–H and O–H groups in total. The second kappa shape index (κ2) is 6.70. The Kier molecular flexibility index (Phi) is 5.25. The van der Waals surface area contributed by atoms with Crippen molar-refractivity contribution in [1.29, 1.82) is 5.26 Å². The van der Waals surface area contributed by atoms with Crippen molar-refractivity contribution in [2.24, 2.45) is 5.92 Å². The van der Waals surface area contributed by atoms with E-state index in [1.165, 1.54) is 18.2 Å². The normalized spacial score (nSPS) is 11.9. The van der Waals surface area contributed by atoms with Gasteiger partial charge < -0.3 is 4.74 Å². The van der Waals surface area contributed by atoms with Gasteiger partial charge in [-0.15, -0.1) is 0 Å². The topological polar surface area (TPSA) is 50.1 Å². The van der Waals surface area contributed by atoms with Gasteiger partial charge in [0, 0.05) is 12.3 Å². The molecule has 0 saturated heterocycles. The zero-order valence-electron chi connectivity index (χ0n) is 9.90. The van der Waals surface area contributed by atoms with Crippen LogP contribution in [-0.4, -0.2) is 12.4 Å². The molecule has 0 fully saturated rings. The third kappa shape index (κ3) is 3.52. The van der Waals surface area contributed by atoms with Crippen LogP contribution in [0.3, 0.4) is 0 Å². The highest BCUT2D eigenvalue weighted by molar-refractivity contribution is 6.00. The van der Waals surface area contributed by atoms with E-state index in [1.807, 2.05) is 6.07 Å². The monoisotopic (exact) mass is 253 g/mol. The van der Waals surface area contributed by atoms with E-state index >= 15 is 0 Å². The standard InChI is InChI=1S/C13H13F2NO2/c1-2-9(7-8-16)12(17)10-5-3-4-6-11(10)18-13(14)15/h3-6,9,13H,2,7H2,1H3. The number of ketones is 1. The lowest BCUT2D eigenvalue weighted by Gasteiger charge is -2.13. The Labute approximate surface area is 104 Å². The molecular weight excluding hydrogens is 240 g/mol. The fourth-order valence-electron chi connectivity index (χ4n) is 1.62. The highest BCUT2D eigenvalue weighted by atomic mass is 19.3. The van der Waals surface area contributed by atoms with Crippen LogP contribution in [0.4, 0.5) is 8.78 Å². The molecule has 18 heavy (non-hydrogen) atoms. The summed E-state index contributed by atoms with van der Waals surface area (Å²) >= 11 is 0. The molecule has 1 aromatic rings. The minimum atomic E-state index is -2.98. The minimum absolute atomic E-state index is 0.0678. The van der Waals surface area contributed by atoms with Gasteiger partial charge in [-0.25, -0.2) is 0 Å². The van der Waals surface area contributed by atoms with E-state index in [2.05, 4.69) is 4.74 Å². The van der Waals surface area contributed by atoms with Crippen molar-refractivity contribution >= 4 is 5.78 Å². The molecule has 1 atom stereocenters. The van der Waals surface area contributed by atoms with Gasteiger partial charge in [0.1, 0.15) is 5.75 Å². The molecule has 96 valence electrons. The second-order valence-corrected chi connectivity index (χ2v) is 3.71. The summed E-state index contributed by atoms with van der Waals surface area (Å²) in [4.78, 5) is 12.1. The largest absolute Gasteiger partial charge is 0.434 e. The van der Waals surface area contributed by atoms with Crippen LogP contribution in [0.5, 0.6) is 5.75 Å². The van der Waals surface area contributed by atoms with Crippen LogP contribution in [0.25, 0.3) is 0 Å². The summed E-state index contributed by atoms with van der Waals surface area (Å²) in [5, 5.41) is 8.62. The van der Waals surface area contributed by atoms with Gasteiger partial charge in [0.2, 0.25) is 0 Å². The number of carbonyl (C=O) groups is 1. The van der Waals surface area contributed by atoms with Crippen molar-refractivity contribution in [3.63, 3.8) is 0 Å². The van der Waals surface area contributed by atoms with Crippen LogP contribution in [0.1, 0.15) is 30.1 Å². The average molecular weight is 253 g/mol. The summed E-state index contributed by atoms with van der Waals surface area (Å²) in [6.07, 6.45) is 0.549. The molecule has 5 heteroatoms. The highest BCUT2D eigenvalue weighted by Gasteiger charge is 2.22. The second-order valence-electron chi connectivity index (χ2n) is 3.71. The smallest absolute Gasteiger partial charge is 0.387 e. The number of alkyl halides is 2. The highest BCUT2D eigenvalue weighted by Crippen LogP contribution is 2.25. The maximum absolute atomic E-state index is 12.2. The summed E-state index contributed by atoms with van der Waals surface area (Å²) in [5.41, 5.74) is 0.0971. The van der Waals surface area contributed by atoms with E-state index in [4.69, 9.17) is 5.26 Å². The molecule has 0 bridgehead atoms. The first-order valence-electron chi connectivity index (χ1n) is 5.55. The number of nitriles is 1. The molecule has 1 unspecified atom stereocenters. The third-order valence-corrected chi connectivity index (χ3v) is 2.57. The SMILES string of the molecule is CCC(CC#N)C(=O)c1ccccc1OC(F)F. The summed E-state index contributed by atoms with van der Waals surface area (Å²) in [5.74, 6) is -0.971. The number of rotatable bonds is 6. The Balaban J connectivity index is 3.01. The maximum Gasteiger partial charge on any atom is 0.387 e. The maximum atomic E-state index is 12.2. The van der Waals surface area contributed by atoms with Gasteiger partial charge in [-0.05, 0) is 18.6 Å². The van der Waals surface area contributed by atoms with Crippen LogP contribution in [0.15, 0.2) is 24.3 Å². The molecule has 0 aliphatic rings. The molecule has 0 aromatic heterocycles. The van der Waals surface area contributed by atoms with Gasteiger partial charge in [-0.1, -0.05) is 19.1 Å². The van der Waals surface area contributed by atoms with Crippen molar-refractivity contribution in [1.82, 2.24) is 0 Å². The van der Waals surface area contributed by atoms with Crippen molar-refractivity contribution < 1.29 is 18.3 Å². The number of benzene rings is 1. The Hall–Kier alpha value is -1.96. The number of halogens is 2. The molecule has 0 aliphatic heterocycles. The van der Waals surface area contributed by atoms with E-state index in [1.54, 1.807) is 13.0 Å². The first-order chi connectivity index (χ1) is 8.60. The predicted octanol–water partition coefficient (Wildman–Crippen LogP) is 3.41. The summed E-state index contributed by atoms with van der Waals surface area (Å²) in [6.45, 7) is -1.20. The van der Waals surface area contributed by atoms with Gasteiger partial charge in [0.15, 0.2) is 5.78 Å². The van der Waals surface area contributed by atoms with E-state index in [9.17, 15) is 13.6 Å². The predicted molar refractivity (Wildman–Crippen MR) is 61.4 cm³/mol. The van der Waals surface area contributed by atoms with Crippen LogP contribution in [0.2, 0.25) is 0 Å². The number of carbonyl (C=O) groups excluding carboxylic acids is 1.